The van der Waals surface area contributed by atoms with E-state index >= 15 is 0 Å². The van der Waals surface area contributed by atoms with Crippen LogP contribution in [0.4, 0.5) is 0 Å². The smallest absolute Gasteiger partial charge is 0.338 e. The van der Waals surface area contributed by atoms with Crippen LogP contribution < -0.4 is 0 Å². The summed E-state index contributed by atoms with van der Waals surface area (Å²) < 4.78 is 4.82. The van der Waals surface area contributed by atoms with E-state index in [1.165, 1.54) is 0 Å². The van der Waals surface area contributed by atoms with Crippen LogP contribution >= 0.6 is 0 Å². The summed E-state index contributed by atoms with van der Waals surface area (Å²) in [5.41, 5.74) is 1.18. The number of carbonyl (C=O) groups excluding carboxylic acids is 1. The Hall–Kier alpha value is -2.26. The summed E-state index contributed by atoms with van der Waals surface area (Å²) in [6, 6.07) is 8.32. The van der Waals surface area contributed by atoms with Gasteiger partial charge in [-0.25, -0.2) is 4.79 Å². The average Bonchev–Trinajstić information content (AvgIpc) is 2.27. The van der Waals surface area contributed by atoms with E-state index in [1.54, 1.807) is 37.3 Å². The number of hydrogen-bond donors (Lipinski definition) is 0. The lowest BCUT2D eigenvalue weighted by Crippen LogP contribution is -2.03. The quantitative estimate of drug-likeness (QED) is 0.538. The van der Waals surface area contributed by atoms with Gasteiger partial charge in [0.05, 0.1) is 12.2 Å². The highest BCUT2D eigenvalue weighted by molar-refractivity contribution is 5.89. The topological polar surface area (TPSA) is 50.1 Å². The van der Waals surface area contributed by atoms with Crippen molar-refractivity contribution in [3.63, 3.8) is 0 Å². The normalized spacial score (nSPS) is 8.27. The van der Waals surface area contributed by atoms with E-state index in [-0.39, 0.29) is 5.97 Å². The van der Waals surface area contributed by atoms with Gasteiger partial charge in [-0.3, -0.25) is 0 Å². The summed E-state index contributed by atoms with van der Waals surface area (Å²) in [7, 11) is 0. The van der Waals surface area contributed by atoms with Crippen LogP contribution in [0.1, 0.15) is 22.8 Å². The lowest BCUT2D eigenvalue weighted by molar-refractivity contribution is 0.0526. The first-order chi connectivity index (χ1) is 7.27. The van der Waals surface area contributed by atoms with E-state index in [0.29, 0.717) is 17.7 Å². The lowest BCUT2D eigenvalue weighted by atomic mass is 10.1. The molecule has 0 saturated carbocycles. The van der Waals surface area contributed by atoms with Crippen molar-refractivity contribution >= 4 is 5.97 Å². The first-order valence-electron chi connectivity index (χ1n) is 4.45. The predicted octanol–water partition coefficient (Wildman–Crippen LogP) is 1.74. The molecule has 3 nitrogen and oxygen atoms in total. The third kappa shape index (κ3) is 3.17. The molecule has 0 aromatic heterocycles. The SMILES string of the molecule is CCOC(=O)c1ccc(C#CC#N)cc1. The number of nitrogens with zero attached hydrogens (tertiary/aromatic N) is 1. The first kappa shape index (κ1) is 10.8. The molecule has 0 saturated heterocycles. The molecule has 74 valence electrons. The van der Waals surface area contributed by atoms with Crippen molar-refractivity contribution in [3.05, 3.63) is 35.4 Å². The number of nitriles is 1. The van der Waals surface area contributed by atoms with E-state index in [4.69, 9.17) is 10.00 Å². The third-order valence-corrected chi connectivity index (χ3v) is 1.66. The zero-order valence-electron chi connectivity index (χ0n) is 8.28. The summed E-state index contributed by atoms with van der Waals surface area (Å²) in [5.74, 6) is 4.56. The molecule has 0 radical (unpaired) electrons. The van der Waals surface area contributed by atoms with Gasteiger partial charge in [-0.15, -0.1) is 0 Å². The largest absolute Gasteiger partial charge is 0.462 e. The molecule has 0 amide bonds. The second-order valence-electron chi connectivity index (χ2n) is 2.66. The molecule has 0 aliphatic carbocycles. The molecular weight excluding hydrogens is 190 g/mol. The van der Waals surface area contributed by atoms with E-state index in [2.05, 4.69) is 11.8 Å². The molecule has 1 aromatic rings. The summed E-state index contributed by atoms with van der Waals surface area (Å²) in [6.45, 7) is 2.11. The van der Waals surface area contributed by atoms with Crippen LogP contribution in [0, 0.1) is 23.2 Å². The molecule has 0 fully saturated rings. The van der Waals surface area contributed by atoms with Crippen molar-refractivity contribution in [1.82, 2.24) is 0 Å². The third-order valence-electron chi connectivity index (χ3n) is 1.66. The van der Waals surface area contributed by atoms with Gasteiger partial charge in [0.1, 0.15) is 0 Å². The van der Waals surface area contributed by atoms with Crippen LogP contribution in [0.2, 0.25) is 0 Å². The van der Waals surface area contributed by atoms with Gasteiger partial charge in [0, 0.05) is 11.5 Å². The maximum absolute atomic E-state index is 11.3. The summed E-state index contributed by atoms with van der Waals surface area (Å²) in [4.78, 5) is 11.3. The fourth-order valence-electron chi connectivity index (χ4n) is 1.00. The minimum Gasteiger partial charge on any atom is -0.462 e. The molecule has 0 aliphatic heterocycles. The van der Waals surface area contributed by atoms with Gasteiger partial charge in [0.25, 0.3) is 0 Å². The van der Waals surface area contributed by atoms with Crippen LogP contribution in [0.5, 0.6) is 0 Å². The highest BCUT2D eigenvalue weighted by Gasteiger charge is 2.04. The summed E-state index contributed by atoms with van der Waals surface area (Å²) >= 11 is 0. The Morgan fingerprint density at radius 2 is 2.07 bits per heavy atom. The minimum absolute atomic E-state index is 0.350. The Morgan fingerprint density at radius 1 is 1.40 bits per heavy atom. The highest BCUT2D eigenvalue weighted by atomic mass is 16.5. The molecule has 0 N–H and O–H groups in total. The Labute approximate surface area is 88.3 Å². The predicted molar refractivity (Wildman–Crippen MR) is 54.9 cm³/mol. The number of ether oxygens (including phenoxy) is 1. The number of benzene rings is 1. The van der Waals surface area contributed by atoms with Crippen LogP contribution in [-0.4, -0.2) is 12.6 Å². The zero-order valence-corrected chi connectivity index (χ0v) is 8.28. The van der Waals surface area contributed by atoms with Crippen molar-refractivity contribution in [2.45, 2.75) is 6.92 Å². The lowest BCUT2D eigenvalue weighted by Gasteiger charge is -2.00. The molecule has 3 heteroatoms. The average molecular weight is 199 g/mol. The molecule has 1 aromatic carbocycles. The number of rotatable bonds is 2. The molecule has 15 heavy (non-hydrogen) atoms. The van der Waals surface area contributed by atoms with Gasteiger partial charge < -0.3 is 4.74 Å². The molecule has 0 unspecified atom stereocenters. The second-order valence-corrected chi connectivity index (χ2v) is 2.66. The van der Waals surface area contributed by atoms with Crippen molar-refractivity contribution in [2.24, 2.45) is 0 Å². The van der Waals surface area contributed by atoms with E-state index in [9.17, 15) is 4.79 Å². The zero-order chi connectivity index (χ0) is 11.1. The number of hydrogen-bond acceptors (Lipinski definition) is 3. The Kier molecular flexibility index (Phi) is 3.94. The van der Waals surface area contributed by atoms with Crippen LogP contribution in [-0.2, 0) is 4.74 Å². The van der Waals surface area contributed by atoms with Crippen LogP contribution in [0.15, 0.2) is 24.3 Å². The first-order valence-corrected chi connectivity index (χ1v) is 4.45. The Balaban J connectivity index is 2.81. The van der Waals surface area contributed by atoms with Crippen molar-refractivity contribution < 1.29 is 9.53 Å². The molecule has 0 aliphatic rings. The molecule has 0 spiro atoms. The van der Waals surface area contributed by atoms with Gasteiger partial charge in [-0.2, -0.15) is 5.26 Å². The van der Waals surface area contributed by atoms with Crippen LogP contribution in [0.25, 0.3) is 0 Å². The number of carbonyl (C=O) groups is 1. The van der Waals surface area contributed by atoms with Crippen LogP contribution in [0.3, 0.4) is 0 Å². The van der Waals surface area contributed by atoms with E-state index < -0.39 is 0 Å². The maximum Gasteiger partial charge on any atom is 0.338 e. The van der Waals surface area contributed by atoms with E-state index in [0.717, 1.165) is 0 Å². The maximum atomic E-state index is 11.3. The monoisotopic (exact) mass is 199 g/mol. The second kappa shape index (κ2) is 5.47. The highest BCUT2D eigenvalue weighted by Crippen LogP contribution is 2.04. The Bertz CT molecular complexity index is 443. The number of esters is 1. The van der Waals surface area contributed by atoms with Crippen molar-refractivity contribution in [3.8, 4) is 17.9 Å². The fourth-order valence-corrected chi connectivity index (χ4v) is 1.00. The van der Waals surface area contributed by atoms with Gasteiger partial charge in [-0.1, -0.05) is 5.92 Å². The summed E-state index contributed by atoms with van der Waals surface area (Å²) in [6.07, 6.45) is 0. The standard InChI is InChI=1S/C12H9NO2/c1-2-15-12(14)11-7-5-10(6-8-11)4-3-9-13/h5-8H,2H2,1H3. The van der Waals surface area contributed by atoms with Crippen molar-refractivity contribution in [1.29, 1.82) is 5.26 Å². The molecular formula is C12H9NO2. The van der Waals surface area contributed by atoms with Gasteiger partial charge in [-0.05, 0) is 31.2 Å². The molecule has 1 rings (SSSR count). The molecule has 0 bridgehead atoms. The van der Waals surface area contributed by atoms with Gasteiger partial charge in [0.15, 0.2) is 6.07 Å². The summed E-state index contributed by atoms with van der Waals surface area (Å²) in [5, 5.41) is 8.24. The van der Waals surface area contributed by atoms with E-state index in [1.807, 2.05) is 0 Å². The molecule has 0 heterocycles. The van der Waals surface area contributed by atoms with Gasteiger partial charge >= 0.3 is 5.97 Å². The molecule has 0 atom stereocenters. The Morgan fingerprint density at radius 3 is 2.60 bits per heavy atom. The minimum atomic E-state index is -0.350. The fraction of sp³-hybridized carbons (Fsp3) is 0.167. The van der Waals surface area contributed by atoms with Crippen molar-refractivity contribution in [2.75, 3.05) is 6.61 Å². The van der Waals surface area contributed by atoms with Gasteiger partial charge in [0.2, 0.25) is 0 Å².